The Hall–Kier alpha value is -3.02. The van der Waals surface area contributed by atoms with Crippen LogP contribution in [0.5, 0.6) is 0 Å². The van der Waals surface area contributed by atoms with Gasteiger partial charge in [-0.15, -0.1) is 0 Å². The molecule has 0 fully saturated rings. The molecule has 6 heteroatoms. The number of rotatable bonds is 3. The van der Waals surface area contributed by atoms with E-state index in [9.17, 15) is 4.79 Å². The summed E-state index contributed by atoms with van der Waals surface area (Å²) in [6, 6.07) is 9.69. The largest absolute Gasteiger partial charge is 0.339 e. The Kier molecular flexibility index (Phi) is 3.80. The normalized spacial score (nSPS) is 15.8. The van der Waals surface area contributed by atoms with Crippen LogP contribution in [0, 0.1) is 13.8 Å². The average Bonchev–Trinajstić information content (AvgIpc) is 3.20. The predicted octanol–water partition coefficient (Wildman–Crippen LogP) is 3.42. The first-order valence-corrected chi connectivity index (χ1v) is 8.27. The molecular formula is C19H18N4O2. The average molecular weight is 334 g/mol. The number of aryl methyl sites for hydroxylation is 3. The van der Waals surface area contributed by atoms with Crippen molar-refractivity contribution < 1.29 is 9.32 Å². The fourth-order valence-electron chi connectivity index (χ4n) is 3.30. The number of aromatic nitrogens is 3. The lowest BCUT2D eigenvalue weighted by Crippen LogP contribution is -2.19. The molecule has 1 N–H and O–H groups in total. The van der Waals surface area contributed by atoms with Gasteiger partial charge in [0.2, 0.25) is 17.6 Å². The number of carbonyl (C=O) groups excluding carboxylic acids is 1. The van der Waals surface area contributed by atoms with Crippen molar-refractivity contribution in [3.05, 3.63) is 59.2 Å². The molecule has 126 valence electrons. The van der Waals surface area contributed by atoms with E-state index in [1.165, 1.54) is 5.56 Å². The lowest BCUT2D eigenvalue weighted by Gasteiger charge is -2.13. The highest BCUT2D eigenvalue weighted by Gasteiger charge is 2.29. The first kappa shape index (κ1) is 15.5. The highest BCUT2D eigenvalue weighted by Crippen LogP contribution is 2.36. The third kappa shape index (κ3) is 3.03. The Labute approximate surface area is 145 Å². The maximum Gasteiger partial charge on any atom is 0.231 e. The number of anilines is 1. The number of nitrogens with one attached hydrogen (secondary N) is 1. The topological polar surface area (TPSA) is 80.9 Å². The Morgan fingerprint density at radius 1 is 1.24 bits per heavy atom. The summed E-state index contributed by atoms with van der Waals surface area (Å²) >= 11 is 0. The molecule has 4 rings (SSSR count). The number of hydrogen-bond acceptors (Lipinski definition) is 5. The van der Waals surface area contributed by atoms with E-state index in [0.29, 0.717) is 11.7 Å². The third-order valence-electron chi connectivity index (χ3n) is 4.49. The van der Waals surface area contributed by atoms with Crippen LogP contribution in [0.15, 0.2) is 41.1 Å². The smallest absolute Gasteiger partial charge is 0.231 e. The number of hydrogen-bond donors (Lipinski definition) is 1. The third-order valence-corrected chi connectivity index (χ3v) is 4.49. The fourth-order valence-corrected chi connectivity index (χ4v) is 3.30. The van der Waals surface area contributed by atoms with Gasteiger partial charge in [0.25, 0.3) is 0 Å². The summed E-state index contributed by atoms with van der Waals surface area (Å²) in [4.78, 5) is 21.1. The van der Waals surface area contributed by atoms with Gasteiger partial charge in [0.05, 0.1) is 5.92 Å². The van der Waals surface area contributed by atoms with Crippen molar-refractivity contribution >= 4 is 11.6 Å². The van der Waals surface area contributed by atoms with Crippen molar-refractivity contribution in [2.75, 3.05) is 5.32 Å². The summed E-state index contributed by atoms with van der Waals surface area (Å²) in [5, 5.41) is 6.95. The minimum absolute atomic E-state index is 0.0208. The van der Waals surface area contributed by atoms with Crippen molar-refractivity contribution in [3.63, 3.8) is 0 Å². The van der Waals surface area contributed by atoms with Crippen LogP contribution < -0.4 is 5.32 Å². The zero-order valence-electron chi connectivity index (χ0n) is 14.1. The summed E-state index contributed by atoms with van der Waals surface area (Å²) in [5.41, 5.74) is 4.83. The summed E-state index contributed by atoms with van der Waals surface area (Å²) in [6.45, 7) is 3.67. The monoisotopic (exact) mass is 334 g/mol. The van der Waals surface area contributed by atoms with E-state index < -0.39 is 0 Å². The highest BCUT2D eigenvalue weighted by atomic mass is 16.5. The number of pyridine rings is 1. The van der Waals surface area contributed by atoms with Crippen molar-refractivity contribution in [2.45, 2.75) is 32.6 Å². The Bertz CT molecular complexity index is 948. The van der Waals surface area contributed by atoms with Gasteiger partial charge in [-0.3, -0.25) is 9.78 Å². The van der Waals surface area contributed by atoms with Crippen LogP contribution in [-0.2, 0) is 11.2 Å². The van der Waals surface area contributed by atoms with E-state index in [-0.39, 0.29) is 11.8 Å². The van der Waals surface area contributed by atoms with Crippen LogP contribution in [0.1, 0.15) is 35.1 Å². The summed E-state index contributed by atoms with van der Waals surface area (Å²) in [7, 11) is 0. The molecule has 0 saturated heterocycles. The lowest BCUT2D eigenvalue weighted by atomic mass is 9.98. The summed E-state index contributed by atoms with van der Waals surface area (Å²) in [6.07, 6.45) is 3.38. The minimum Gasteiger partial charge on any atom is -0.339 e. The van der Waals surface area contributed by atoms with Crippen LogP contribution in [-0.4, -0.2) is 21.0 Å². The molecule has 2 aromatic heterocycles. The van der Waals surface area contributed by atoms with Gasteiger partial charge in [0.15, 0.2) is 0 Å². The molecule has 0 saturated carbocycles. The lowest BCUT2D eigenvalue weighted by molar-refractivity contribution is -0.117. The molecule has 0 unspecified atom stereocenters. The van der Waals surface area contributed by atoms with Crippen molar-refractivity contribution in [1.29, 1.82) is 0 Å². The standard InChI is InChI=1S/C19H18N4O2/c1-11-9-15(7-8-20-11)22-19(24)17-6-3-13-10-14(4-5-16(13)17)18-21-12(2)25-23-18/h4-5,7-10,17H,3,6H2,1-2H3,(H,20,22,24)/t17-/m1/s1. The maximum atomic E-state index is 12.7. The Balaban J connectivity index is 1.56. The van der Waals surface area contributed by atoms with Crippen molar-refractivity contribution in [3.8, 4) is 11.4 Å². The first-order chi connectivity index (χ1) is 12.1. The molecule has 1 amide bonds. The van der Waals surface area contributed by atoms with Gasteiger partial charge in [-0.05, 0) is 49.1 Å². The molecule has 1 aromatic carbocycles. The second kappa shape index (κ2) is 6.12. The molecule has 1 aliphatic rings. The molecule has 0 aliphatic heterocycles. The van der Waals surface area contributed by atoms with E-state index in [1.54, 1.807) is 13.1 Å². The van der Waals surface area contributed by atoms with Crippen LogP contribution in [0.25, 0.3) is 11.4 Å². The number of amides is 1. The number of carbonyl (C=O) groups is 1. The van der Waals surface area contributed by atoms with Crippen molar-refractivity contribution in [1.82, 2.24) is 15.1 Å². The Morgan fingerprint density at radius 2 is 2.12 bits per heavy atom. The molecule has 1 atom stereocenters. The predicted molar refractivity (Wildman–Crippen MR) is 93.1 cm³/mol. The van der Waals surface area contributed by atoms with Gasteiger partial charge in [-0.2, -0.15) is 4.98 Å². The molecular weight excluding hydrogens is 316 g/mol. The van der Waals surface area contributed by atoms with Gasteiger partial charge in [0.1, 0.15) is 0 Å². The van der Waals surface area contributed by atoms with Gasteiger partial charge in [0, 0.05) is 30.1 Å². The summed E-state index contributed by atoms with van der Waals surface area (Å²) in [5.74, 6) is 1.01. The second-order valence-electron chi connectivity index (χ2n) is 6.32. The Morgan fingerprint density at radius 3 is 2.88 bits per heavy atom. The van der Waals surface area contributed by atoms with Crippen LogP contribution in [0.3, 0.4) is 0 Å². The fraction of sp³-hybridized carbons (Fsp3) is 0.263. The zero-order chi connectivity index (χ0) is 17.4. The van der Waals surface area contributed by atoms with E-state index in [4.69, 9.17) is 4.52 Å². The molecule has 1 aliphatic carbocycles. The number of nitrogens with zero attached hydrogens (tertiary/aromatic N) is 3. The van der Waals surface area contributed by atoms with E-state index in [2.05, 4.69) is 26.5 Å². The van der Waals surface area contributed by atoms with Crippen LogP contribution in [0.4, 0.5) is 5.69 Å². The molecule has 3 aromatic rings. The quantitative estimate of drug-likeness (QED) is 0.794. The van der Waals surface area contributed by atoms with Gasteiger partial charge in [-0.1, -0.05) is 17.3 Å². The van der Waals surface area contributed by atoms with Gasteiger partial charge < -0.3 is 9.84 Å². The maximum absolute atomic E-state index is 12.7. The zero-order valence-corrected chi connectivity index (χ0v) is 14.1. The van der Waals surface area contributed by atoms with E-state index >= 15 is 0 Å². The van der Waals surface area contributed by atoms with Crippen LogP contribution in [0.2, 0.25) is 0 Å². The molecule has 0 radical (unpaired) electrons. The molecule has 25 heavy (non-hydrogen) atoms. The summed E-state index contributed by atoms with van der Waals surface area (Å²) < 4.78 is 5.04. The van der Waals surface area contributed by atoms with Gasteiger partial charge >= 0.3 is 0 Å². The SMILES string of the molecule is Cc1cc(NC(=O)[C@@H]2CCc3cc(-c4noc(C)n4)ccc32)ccn1. The molecule has 0 bridgehead atoms. The molecule has 0 spiro atoms. The van der Waals surface area contributed by atoms with Gasteiger partial charge in [-0.25, -0.2) is 0 Å². The first-order valence-electron chi connectivity index (χ1n) is 8.27. The highest BCUT2D eigenvalue weighted by molar-refractivity contribution is 5.96. The number of benzene rings is 1. The number of fused-ring (bicyclic) bond motifs is 1. The van der Waals surface area contributed by atoms with E-state index in [1.807, 2.05) is 31.2 Å². The second-order valence-corrected chi connectivity index (χ2v) is 6.32. The van der Waals surface area contributed by atoms with Crippen LogP contribution >= 0.6 is 0 Å². The van der Waals surface area contributed by atoms with E-state index in [0.717, 1.165) is 35.3 Å². The van der Waals surface area contributed by atoms with Crippen molar-refractivity contribution in [2.24, 2.45) is 0 Å². The minimum atomic E-state index is -0.135. The molecule has 6 nitrogen and oxygen atoms in total. The molecule has 2 heterocycles.